The van der Waals surface area contributed by atoms with Crippen molar-refractivity contribution in [3.8, 4) is 0 Å². The SMILES string of the molecule is CC1(C(F)F)CC1N. The van der Waals surface area contributed by atoms with Crippen molar-refractivity contribution in [2.75, 3.05) is 0 Å². The molecule has 0 aromatic heterocycles. The van der Waals surface area contributed by atoms with Crippen molar-refractivity contribution in [3.05, 3.63) is 0 Å². The van der Waals surface area contributed by atoms with Crippen LogP contribution in [-0.2, 0) is 0 Å². The fraction of sp³-hybridized carbons (Fsp3) is 1.00. The van der Waals surface area contributed by atoms with Crippen molar-refractivity contribution >= 4 is 0 Å². The second-order valence-corrected chi connectivity index (χ2v) is 2.62. The number of nitrogens with two attached hydrogens (primary N) is 1. The van der Waals surface area contributed by atoms with Crippen LogP contribution in [0.4, 0.5) is 8.78 Å². The van der Waals surface area contributed by atoms with Gasteiger partial charge in [0.15, 0.2) is 0 Å². The highest BCUT2D eigenvalue weighted by molar-refractivity contribution is 5.04. The highest BCUT2D eigenvalue weighted by Crippen LogP contribution is 2.48. The molecule has 1 aliphatic rings. The summed E-state index contributed by atoms with van der Waals surface area (Å²) < 4.78 is 23.5. The van der Waals surface area contributed by atoms with E-state index >= 15 is 0 Å². The first kappa shape index (κ1) is 5.95. The van der Waals surface area contributed by atoms with Gasteiger partial charge in [-0.05, 0) is 6.42 Å². The van der Waals surface area contributed by atoms with Crippen LogP contribution in [0.15, 0.2) is 0 Å². The third kappa shape index (κ3) is 0.616. The van der Waals surface area contributed by atoms with Crippen molar-refractivity contribution in [2.24, 2.45) is 11.1 Å². The molecule has 0 saturated heterocycles. The Balaban J connectivity index is 2.47. The largest absolute Gasteiger partial charge is 0.327 e. The van der Waals surface area contributed by atoms with Crippen molar-refractivity contribution < 1.29 is 8.78 Å². The number of hydrogen-bond donors (Lipinski definition) is 1. The minimum absolute atomic E-state index is 0.262. The molecule has 0 heterocycles. The average molecular weight is 121 g/mol. The van der Waals surface area contributed by atoms with Gasteiger partial charge in [0.1, 0.15) is 0 Å². The molecule has 1 rings (SSSR count). The number of hydrogen-bond acceptors (Lipinski definition) is 1. The van der Waals surface area contributed by atoms with E-state index in [2.05, 4.69) is 0 Å². The molecule has 0 amide bonds. The number of rotatable bonds is 1. The Bertz CT molecular complexity index is 105. The van der Waals surface area contributed by atoms with Crippen molar-refractivity contribution in [3.63, 3.8) is 0 Å². The fourth-order valence-corrected chi connectivity index (χ4v) is 0.666. The van der Waals surface area contributed by atoms with Gasteiger partial charge in [-0.3, -0.25) is 0 Å². The minimum atomic E-state index is -2.24. The molecule has 1 fully saturated rings. The highest BCUT2D eigenvalue weighted by Gasteiger charge is 2.54. The van der Waals surface area contributed by atoms with Crippen LogP contribution in [0, 0.1) is 5.41 Å². The van der Waals surface area contributed by atoms with Crippen LogP contribution in [0.25, 0.3) is 0 Å². The molecule has 0 radical (unpaired) electrons. The predicted molar refractivity (Wildman–Crippen MR) is 26.7 cm³/mol. The maximum Gasteiger partial charge on any atom is 0.245 e. The van der Waals surface area contributed by atoms with E-state index in [1.165, 1.54) is 6.92 Å². The third-order valence-electron chi connectivity index (χ3n) is 1.85. The summed E-state index contributed by atoms with van der Waals surface area (Å²) in [5.74, 6) is 0. The molecule has 0 spiro atoms. The molecule has 3 heteroatoms. The van der Waals surface area contributed by atoms with E-state index in [4.69, 9.17) is 5.73 Å². The van der Waals surface area contributed by atoms with Gasteiger partial charge in [-0.25, -0.2) is 8.78 Å². The summed E-state index contributed by atoms with van der Waals surface area (Å²) in [6.07, 6.45) is -1.76. The molecule has 48 valence electrons. The van der Waals surface area contributed by atoms with Gasteiger partial charge in [-0.15, -0.1) is 0 Å². The predicted octanol–water partition coefficient (Wildman–Crippen LogP) is 0.989. The Hall–Kier alpha value is -0.180. The van der Waals surface area contributed by atoms with Gasteiger partial charge in [-0.2, -0.15) is 0 Å². The Morgan fingerprint density at radius 3 is 2.12 bits per heavy atom. The lowest BCUT2D eigenvalue weighted by Crippen LogP contribution is -2.17. The first-order chi connectivity index (χ1) is 3.57. The topological polar surface area (TPSA) is 26.0 Å². The molecular weight excluding hydrogens is 112 g/mol. The van der Waals surface area contributed by atoms with E-state index in [9.17, 15) is 8.78 Å². The van der Waals surface area contributed by atoms with E-state index < -0.39 is 11.8 Å². The molecule has 2 N–H and O–H groups in total. The number of alkyl halides is 2. The Kier molecular flexibility index (Phi) is 1.05. The van der Waals surface area contributed by atoms with Crippen LogP contribution < -0.4 is 5.73 Å². The zero-order valence-corrected chi connectivity index (χ0v) is 4.70. The van der Waals surface area contributed by atoms with Crippen molar-refractivity contribution in [2.45, 2.75) is 25.8 Å². The lowest BCUT2D eigenvalue weighted by molar-refractivity contribution is 0.0689. The maximum atomic E-state index is 11.8. The second kappa shape index (κ2) is 1.41. The normalized spacial score (nSPS) is 45.4. The van der Waals surface area contributed by atoms with Gasteiger partial charge in [-0.1, -0.05) is 6.92 Å². The average Bonchev–Trinajstić information content (AvgIpc) is 2.17. The number of halogens is 2. The zero-order chi connectivity index (χ0) is 6.36. The molecule has 0 aromatic carbocycles. The molecule has 8 heavy (non-hydrogen) atoms. The quantitative estimate of drug-likeness (QED) is 0.550. The van der Waals surface area contributed by atoms with E-state index in [1.54, 1.807) is 0 Å². The molecule has 0 bridgehead atoms. The first-order valence-electron chi connectivity index (χ1n) is 2.61. The van der Waals surface area contributed by atoms with E-state index in [1.807, 2.05) is 0 Å². The van der Waals surface area contributed by atoms with Gasteiger partial charge in [0.25, 0.3) is 0 Å². The van der Waals surface area contributed by atoms with Crippen LogP contribution in [0.3, 0.4) is 0 Å². The Morgan fingerprint density at radius 2 is 2.12 bits per heavy atom. The molecule has 0 aliphatic heterocycles. The van der Waals surface area contributed by atoms with Crippen molar-refractivity contribution in [1.29, 1.82) is 0 Å². The molecule has 1 nitrogen and oxygen atoms in total. The second-order valence-electron chi connectivity index (χ2n) is 2.62. The van der Waals surface area contributed by atoms with Gasteiger partial charge < -0.3 is 5.73 Å². The Labute approximate surface area is 46.9 Å². The maximum absolute atomic E-state index is 11.8. The lowest BCUT2D eigenvalue weighted by atomic mass is 10.1. The molecule has 1 saturated carbocycles. The van der Waals surface area contributed by atoms with Gasteiger partial charge in [0.2, 0.25) is 6.43 Å². The smallest absolute Gasteiger partial charge is 0.245 e. The summed E-state index contributed by atoms with van der Waals surface area (Å²) in [5.41, 5.74) is 4.37. The first-order valence-corrected chi connectivity index (χ1v) is 2.61. The van der Waals surface area contributed by atoms with Gasteiger partial charge in [0, 0.05) is 11.5 Å². The zero-order valence-electron chi connectivity index (χ0n) is 4.70. The standard InChI is InChI=1S/C5H9F2N/c1-5(4(6)7)2-3(5)8/h3-4H,2,8H2,1H3. The molecule has 2 unspecified atom stereocenters. The van der Waals surface area contributed by atoms with Crippen LogP contribution in [0.2, 0.25) is 0 Å². The van der Waals surface area contributed by atoms with Crippen LogP contribution in [0.5, 0.6) is 0 Å². The van der Waals surface area contributed by atoms with Crippen LogP contribution in [-0.4, -0.2) is 12.5 Å². The summed E-state index contributed by atoms with van der Waals surface area (Å²) in [7, 11) is 0. The fourth-order valence-electron chi connectivity index (χ4n) is 0.666. The lowest BCUT2D eigenvalue weighted by Gasteiger charge is -2.04. The third-order valence-corrected chi connectivity index (χ3v) is 1.85. The summed E-state index contributed by atoms with van der Waals surface area (Å²) >= 11 is 0. The summed E-state index contributed by atoms with van der Waals surface area (Å²) in [5, 5.41) is 0. The highest BCUT2D eigenvalue weighted by atomic mass is 19.3. The summed E-state index contributed by atoms with van der Waals surface area (Å²) in [6, 6.07) is -0.262. The van der Waals surface area contributed by atoms with E-state index in [-0.39, 0.29) is 6.04 Å². The summed E-state index contributed by atoms with van der Waals surface area (Å²) in [4.78, 5) is 0. The van der Waals surface area contributed by atoms with E-state index in [0.29, 0.717) is 6.42 Å². The van der Waals surface area contributed by atoms with Crippen LogP contribution >= 0.6 is 0 Å². The monoisotopic (exact) mass is 121 g/mol. The molecule has 2 atom stereocenters. The minimum Gasteiger partial charge on any atom is -0.327 e. The molecular formula is C5H9F2N. The van der Waals surface area contributed by atoms with Crippen LogP contribution in [0.1, 0.15) is 13.3 Å². The van der Waals surface area contributed by atoms with Crippen molar-refractivity contribution in [1.82, 2.24) is 0 Å². The molecule has 1 aliphatic carbocycles. The van der Waals surface area contributed by atoms with E-state index in [0.717, 1.165) is 0 Å². The Morgan fingerprint density at radius 1 is 1.75 bits per heavy atom. The van der Waals surface area contributed by atoms with Gasteiger partial charge >= 0.3 is 0 Å². The summed E-state index contributed by atoms with van der Waals surface area (Å²) in [6.45, 7) is 1.52. The van der Waals surface area contributed by atoms with Gasteiger partial charge in [0.05, 0.1) is 0 Å². The molecule has 0 aromatic rings.